The van der Waals surface area contributed by atoms with Gasteiger partial charge in [-0.2, -0.15) is 0 Å². The molecule has 39 heavy (non-hydrogen) atoms. The predicted molar refractivity (Wildman–Crippen MR) is 154 cm³/mol. The van der Waals surface area contributed by atoms with Gasteiger partial charge in [-0.1, -0.05) is 0 Å². The Morgan fingerprint density at radius 1 is 1.10 bits per heavy atom. The summed E-state index contributed by atoms with van der Waals surface area (Å²) in [6, 6.07) is 2.52. The molecule has 0 unspecified atom stereocenters. The summed E-state index contributed by atoms with van der Waals surface area (Å²) >= 11 is 1.53. The minimum atomic E-state index is -0.139. The molecule has 2 aliphatic rings. The molecule has 0 radical (unpaired) electrons. The lowest BCUT2D eigenvalue weighted by atomic mass is 9.87. The van der Waals surface area contributed by atoms with Gasteiger partial charge in [0.05, 0.1) is 35.7 Å². The first kappa shape index (κ1) is 27.4. The molecule has 0 saturated heterocycles. The summed E-state index contributed by atoms with van der Waals surface area (Å²) in [7, 11) is 5.94. The van der Waals surface area contributed by atoms with Gasteiger partial charge in [0, 0.05) is 41.2 Å². The van der Waals surface area contributed by atoms with Crippen LogP contribution in [0.5, 0.6) is 11.5 Å². The Balaban J connectivity index is 1.56. The summed E-state index contributed by atoms with van der Waals surface area (Å²) in [5.74, 6) is 1.24. The third-order valence-electron chi connectivity index (χ3n) is 8.27. The van der Waals surface area contributed by atoms with Crippen LogP contribution in [0.25, 0.3) is 10.4 Å². The summed E-state index contributed by atoms with van der Waals surface area (Å²) in [6.07, 6.45) is 6.59. The number of amides is 1. The lowest BCUT2D eigenvalue weighted by Gasteiger charge is -2.35. The number of carbonyl (C=O) groups is 1. The van der Waals surface area contributed by atoms with Crippen LogP contribution >= 0.6 is 11.3 Å². The van der Waals surface area contributed by atoms with Gasteiger partial charge in [0.25, 0.3) is 11.5 Å². The summed E-state index contributed by atoms with van der Waals surface area (Å²) in [6.45, 7) is 6.54. The molecule has 0 spiro atoms. The maximum atomic E-state index is 14.1. The maximum Gasteiger partial charge on any atom is 0.254 e. The third-order valence-corrected chi connectivity index (χ3v) is 9.06. The van der Waals surface area contributed by atoms with Crippen molar-refractivity contribution in [2.45, 2.75) is 71.6 Å². The lowest BCUT2D eigenvalue weighted by Crippen LogP contribution is -2.40. The van der Waals surface area contributed by atoms with E-state index in [4.69, 9.17) is 9.47 Å². The molecule has 1 N–H and O–H groups in total. The second-order valence-electron chi connectivity index (χ2n) is 11.0. The van der Waals surface area contributed by atoms with Crippen molar-refractivity contribution in [2.24, 2.45) is 0 Å². The van der Waals surface area contributed by atoms with Crippen LogP contribution in [0, 0.1) is 20.8 Å². The number of aromatic amines is 1. The molecule has 1 aromatic carbocycles. The van der Waals surface area contributed by atoms with Gasteiger partial charge in [0.2, 0.25) is 0 Å². The highest BCUT2D eigenvalue weighted by atomic mass is 32.1. The number of aromatic nitrogens is 2. The minimum Gasteiger partial charge on any atom is -0.492 e. The van der Waals surface area contributed by atoms with Gasteiger partial charge >= 0.3 is 0 Å². The van der Waals surface area contributed by atoms with Gasteiger partial charge in [0.1, 0.15) is 0 Å². The van der Waals surface area contributed by atoms with Gasteiger partial charge in [-0.15, -0.1) is 11.3 Å². The van der Waals surface area contributed by atoms with Crippen molar-refractivity contribution in [2.75, 3.05) is 27.7 Å². The molecule has 1 saturated carbocycles. The minimum absolute atomic E-state index is 0.0599. The highest BCUT2D eigenvalue weighted by molar-refractivity contribution is 7.13. The SMILES string of the molecule is COc1c(O[C@H]2CC[C@H](N(C)C)CC2)c(C)c2c(c1-c1cncs1)CCN(Cc1c(C)cc(C)[nH]c1=O)C2=O. The molecule has 1 fully saturated rings. The Morgan fingerprint density at radius 3 is 2.46 bits per heavy atom. The fourth-order valence-electron chi connectivity index (χ4n) is 6.13. The van der Waals surface area contributed by atoms with Crippen LogP contribution in [-0.2, 0) is 13.0 Å². The molecule has 1 amide bonds. The molecular weight excluding hydrogens is 512 g/mol. The number of nitrogens with one attached hydrogen (secondary N) is 1. The number of ether oxygens (including phenoxy) is 2. The van der Waals surface area contributed by atoms with Gasteiger partial charge in [0.15, 0.2) is 11.5 Å². The Kier molecular flexibility index (Phi) is 7.82. The fourth-order valence-corrected chi connectivity index (χ4v) is 6.82. The van der Waals surface area contributed by atoms with Crippen molar-refractivity contribution >= 4 is 17.2 Å². The molecule has 5 rings (SSSR count). The fraction of sp³-hybridized carbons (Fsp3) is 0.500. The van der Waals surface area contributed by atoms with Gasteiger partial charge in [-0.3, -0.25) is 14.6 Å². The van der Waals surface area contributed by atoms with E-state index >= 15 is 0 Å². The number of fused-ring (bicyclic) bond motifs is 1. The van der Waals surface area contributed by atoms with Crippen molar-refractivity contribution in [3.63, 3.8) is 0 Å². The van der Waals surface area contributed by atoms with E-state index in [1.54, 1.807) is 17.5 Å². The second-order valence-corrected chi connectivity index (χ2v) is 11.9. The van der Waals surface area contributed by atoms with Crippen LogP contribution in [0.4, 0.5) is 0 Å². The average molecular weight is 551 g/mol. The Labute approximate surface area is 234 Å². The first-order valence-corrected chi connectivity index (χ1v) is 14.5. The van der Waals surface area contributed by atoms with E-state index < -0.39 is 0 Å². The van der Waals surface area contributed by atoms with Crippen LogP contribution in [0.15, 0.2) is 22.6 Å². The van der Waals surface area contributed by atoms with Crippen LogP contribution in [-0.4, -0.2) is 65.6 Å². The molecule has 208 valence electrons. The molecule has 3 aromatic rings. The van der Waals surface area contributed by atoms with Crippen LogP contribution in [0.2, 0.25) is 0 Å². The van der Waals surface area contributed by atoms with Crippen molar-refractivity contribution in [1.29, 1.82) is 0 Å². The third kappa shape index (κ3) is 5.22. The van der Waals surface area contributed by atoms with E-state index in [0.29, 0.717) is 41.6 Å². The highest BCUT2D eigenvalue weighted by Crippen LogP contribution is 2.49. The van der Waals surface area contributed by atoms with E-state index in [0.717, 1.165) is 58.5 Å². The monoisotopic (exact) mass is 550 g/mol. The van der Waals surface area contributed by atoms with E-state index in [2.05, 4.69) is 29.0 Å². The number of H-pyrrole nitrogens is 1. The number of hydrogen-bond donors (Lipinski definition) is 1. The van der Waals surface area contributed by atoms with Crippen molar-refractivity contribution in [1.82, 2.24) is 19.8 Å². The predicted octanol–water partition coefficient (Wildman–Crippen LogP) is 4.88. The number of aryl methyl sites for hydroxylation is 2. The Hall–Kier alpha value is -3.17. The molecule has 3 heterocycles. The molecule has 1 aliphatic heterocycles. The first-order valence-electron chi connectivity index (χ1n) is 13.6. The zero-order valence-corrected chi connectivity index (χ0v) is 24.5. The molecule has 9 heteroatoms. The maximum absolute atomic E-state index is 14.1. The van der Waals surface area contributed by atoms with Crippen LogP contribution in [0.1, 0.15) is 64.0 Å². The second kappa shape index (κ2) is 11.1. The van der Waals surface area contributed by atoms with Crippen molar-refractivity contribution in [3.8, 4) is 21.9 Å². The molecule has 2 aromatic heterocycles. The van der Waals surface area contributed by atoms with Crippen molar-refractivity contribution in [3.05, 3.63) is 61.6 Å². The molecule has 0 atom stereocenters. The normalized spacial score (nSPS) is 19.4. The molecule has 0 bridgehead atoms. The number of benzene rings is 1. The lowest BCUT2D eigenvalue weighted by molar-refractivity contribution is 0.0722. The van der Waals surface area contributed by atoms with Crippen LogP contribution < -0.4 is 15.0 Å². The smallest absolute Gasteiger partial charge is 0.254 e. The van der Waals surface area contributed by atoms with E-state index in [-0.39, 0.29) is 24.1 Å². The summed E-state index contributed by atoms with van der Waals surface area (Å²) < 4.78 is 12.7. The highest BCUT2D eigenvalue weighted by Gasteiger charge is 2.35. The Bertz CT molecular complexity index is 1420. The van der Waals surface area contributed by atoms with Gasteiger partial charge in [-0.25, -0.2) is 0 Å². The van der Waals surface area contributed by atoms with Gasteiger partial charge in [-0.05, 0) is 84.2 Å². The number of nitrogens with zero attached hydrogens (tertiary/aromatic N) is 3. The summed E-state index contributed by atoms with van der Waals surface area (Å²) in [4.78, 5) is 39.1. The number of methoxy groups -OCH3 is 1. The number of thiazole rings is 1. The zero-order valence-electron chi connectivity index (χ0n) is 23.7. The Morgan fingerprint density at radius 2 is 1.85 bits per heavy atom. The number of hydrogen-bond acceptors (Lipinski definition) is 7. The molecule has 1 aliphatic carbocycles. The number of carbonyl (C=O) groups excluding carboxylic acids is 1. The quantitative estimate of drug-likeness (QED) is 0.451. The van der Waals surface area contributed by atoms with E-state index in [9.17, 15) is 9.59 Å². The summed E-state index contributed by atoms with van der Waals surface area (Å²) in [5.41, 5.74) is 7.31. The number of rotatable bonds is 7. The first-order chi connectivity index (χ1) is 18.7. The van der Waals surface area contributed by atoms with Crippen LogP contribution in [0.3, 0.4) is 0 Å². The van der Waals surface area contributed by atoms with E-state index in [1.165, 1.54) is 11.3 Å². The summed E-state index contributed by atoms with van der Waals surface area (Å²) in [5, 5.41) is 0. The molecular formula is C30H38N4O4S. The van der Waals surface area contributed by atoms with E-state index in [1.807, 2.05) is 33.0 Å². The van der Waals surface area contributed by atoms with Gasteiger partial charge < -0.3 is 24.3 Å². The largest absolute Gasteiger partial charge is 0.492 e. The zero-order chi connectivity index (χ0) is 27.8. The average Bonchev–Trinajstić information content (AvgIpc) is 3.43. The number of pyridine rings is 1. The standard InChI is InChI=1S/C30H38N4O4S/c1-17-13-18(2)32-29(35)23(17)15-34-12-11-22-25(30(34)36)19(3)27(28(37-6)26(22)24-14-31-16-39-24)38-21-9-7-20(8-10-21)33(4)5/h13-14,16,20-21H,7-12,15H2,1-6H3,(H,32,35)/t20-,21-. The van der Waals surface area contributed by atoms with Crippen molar-refractivity contribution < 1.29 is 14.3 Å². The molecule has 8 nitrogen and oxygen atoms in total. The topological polar surface area (TPSA) is 87.8 Å².